The molecule has 5 heteroatoms. The summed E-state index contributed by atoms with van der Waals surface area (Å²) in [6.45, 7) is 4.26. The molecular weight excluding hydrogens is 238 g/mol. The highest BCUT2D eigenvalue weighted by Crippen LogP contribution is 2.29. The van der Waals surface area contributed by atoms with E-state index < -0.39 is 11.6 Å². The van der Waals surface area contributed by atoms with Gasteiger partial charge < -0.3 is 10.6 Å². The highest BCUT2D eigenvalue weighted by atomic mass is 19.2. The van der Waals surface area contributed by atoms with Gasteiger partial charge in [-0.1, -0.05) is 0 Å². The molecule has 1 aliphatic rings. The van der Waals surface area contributed by atoms with Crippen LogP contribution in [-0.4, -0.2) is 28.9 Å². The van der Waals surface area contributed by atoms with Gasteiger partial charge in [0.2, 0.25) is 0 Å². The Bertz CT molecular complexity index is 488. The average molecular weight is 254 g/mol. The number of rotatable bonds is 1. The lowest BCUT2D eigenvalue weighted by Crippen LogP contribution is -2.42. The van der Waals surface area contributed by atoms with Crippen LogP contribution < -0.4 is 5.73 Å². The van der Waals surface area contributed by atoms with Crippen LogP contribution >= 0.6 is 0 Å². The maximum absolute atomic E-state index is 13.1. The molecule has 18 heavy (non-hydrogen) atoms. The molecule has 1 fully saturated rings. The van der Waals surface area contributed by atoms with Gasteiger partial charge in [0.25, 0.3) is 5.91 Å². The van der Waals surface area contributed by atoms with Crippen LogP contribution in [0.2, 0.25) is 0 Å². The number of nitrogens with two attached hydrogens (primary N) is 1. The molecule has 1 aromatic carbocycles. The van der Waals surface area contributed by atoms with E-state index in [9.17, 15) is 13.6 Å². The minimum atomic E-state index is -1.01. The molecular formula is C13H16F2N2O. The standard InChI is InChI=1S/C13H16F2N2O/c1-13(2)6-9(16)7-17(13)12(18)8-3-4-10(14)11(15)5-8/h3-5,9H,6-7,16H2,1-2H3. The van der Waals surface area contributed by atoms with Crippen molar-refractivity contribution in [3.8, 4) is 0 Å². The third-order valence-electron chi connectivity index (χ3n) is 3.32. The van der Waals surface area contributed by atoms with E-state index in [4.69, 9.17) is 5.73 Å². The largest absolute Gasteiger partial charge is 0.332 e. The first-order valence-electron chi connectivity index (χ1n) is 5.84. The van der Waals surface area contributed by atoms with Crippen LogP contribution in [0.15, 0.2) is 18.2 Å². The topological polar surface area (TPSA) is 46.3 Å². The fourth-order valence-corrected chi connectivity index (χ4v) is 2.44. The lowest BCUT2D eigenvalue weighted by molar-refractivity contribution is 0.0650. The van der Waals surface area contributed by atoms with Crippen LogP contribution in [0.4, 0.5) is 8.78 Å². The van der Waals surface area contributed by atoms with Crippen molar-refractivity contribution in [2.75, 3.05) is 6.54 Å². The lowest BCUT2D eigenvalue weighted by atomic mass is 10.00. The third kappa shape index (κ3) is 2.22. The quantitative estimate of drug-likeness (QED) is 0.832. The molecule has 2 rings (SSSR count). The summed E-state index contributed by atoms with van der Waals surface area (Å²) in [4.78, 5) is 13.9. The first kappa shape index (κ1) is 13.0. The molecule has 0 aromatic heterocycles. The van der Waals surface area contributed by atoms with Gasteiger partial charge in [0.1, 0.15) is 0 Å². The molecule has 1 aromatic rings. The van der Waals surface area contributed by atoms with Crippen LogP contribution in [0.1, 0.15) is 30.6 Å². The Morgan fingerprint density at radius 1 is 1.39 bits per heavy atom. The molecule has 1 amide bonds. The maximum atomic E-state index is 13.1. The summed E-state index contributed by atoms with van der Waals surface area (Å²) >= 11 is 0. The van der Waals surface area contributed by atoms with Crippen molar-refractivity contribution in [1.29, 1.82) is 0 Å². The van der Waals surface area contributed by atoms with E-state index in [2.05, 4.69) is 0 Å². The van der Waals surface area contributed by atoms with Gasteiger partial charge in [0.05, 0.1) is 0 Å². The maximum Gasteiger partial charge on any atom is 0.254 e. The summed E-state index contributed by atoms with van der Waals surface area (Å²) in [6, 6.07) is 3.11. The predicted octanol–water partition coefficient (Wildman–Crippen LogP) is 1.92. The predicted molar refractivity (Wildman–Crippen MR) is 64.1 cm³/mol. The third-order valence-corrected chi connectivity index (χ3v) is 3.32. The van der Waals surface area contributed by atoms with Crippen molar-refractivity contribution in [3.63, 3.8) is 0 Å². The number of carbonyl (C=O) groups is 1. The van der Waals surface area contributed by atoms with E-state index in [1.165, 1.54) is 6.07 Å². The molecule has 98 valence electrons. The second-order valence-electron chi connectivity index (χ2n) is 5.32. The summed E-state index contributed by atoms with van der Waals surface area (Å²) < 4.78 is 26.0. The molecule has 1 saturated heterocycles. The minimum absolute atomic E-state index is 0.0748. The number of halogens is 2. The zero-order valence-electron chi connectivity index (χ0n) is 10.4. The van der Waals surface area contributed by atoms with Crippen molar-refractivity contribution in [2.45, 2.75) is 31.8 Å². The summed E-state index contributed by atoms with van der Waals surface area (Å²) in [7, 11) is 0. The van der Waals surface area contributed by atoms with Crippen LogP contribution in [0.25, 0.3) is 0 Å². The fraction of sp³-hybridized carbons (Fsp3) is 0.462. The van der Waals surface area contributed by atoms with Gasteiger partial charge in [-0.3, -0.25) is 4.79 Å². The van der Waals surface area contributed by atoms with Crippen LogP contribution in [-0.2, 0) is 0 Å². The highest BCUT2D eigenvalue weighted by molar-refractivity contribution is 5.95. The highest BCUT2D eigenvalue weighted by Gasteiger charge is 2.40. The van der Waals surface area contributed by atoms with Gasteiger partial charge in [-0.15, -0.1) is 0 Å². The number of nitrogens with zero attached hydrogens (tertiary/aromatic N) is 1. The normalized spacial score (nSPS) is 22.3. The molecule has 1 heterocycles. The van der Waals surface area contributed by atoms with Crippen molar-refractivity contribution in [2.24, 2.45) is 5.73 Å². The molecule has 0 bridgehead atoms. The molecule has 1 unspecified atom stereocenters. The van der Waals surface area contributed by atoms with E-state index in [0.717, 1.165) is 12.1 Å². The second-order valence-corrected chi connectivity index (χ2v) is 5.32. The minimum Gasteiger partial charge on any atom is -0.332 e. The molecule has 2 N–H and O–H groups in total. The first-order chi connectivity index (χ1) is 8.31. The summed E-state index contributed by atoms with van der Waals surface area (Å²) in [5.74, 6) is -2.28. The smallest absolute Gasteiger partial charge is 0.254 e. The zero-order chi connectivity index (χ0) is 13.5. The Labute approximate surface area is 105 Å². The summed E-state index contributed by atoms with van der Waals surface area (Å²) in [6.07, 6.45) is 0.697. The van der Waals surface area contributed by atoms with Crippen molar-refractivity contribution in [3.05, 3.63) is 35.4 Å². The van der Waals surface area contributed by atoms with Crippen LogP contribution in [0.3, 0.4) is 0 Å². The summed E-state index contributed by atoms with van der Waals surface area (Å²) in [5.41, 5.74) is 5.63. The fourth-order valence-electron chi connectivity index (χ4n) is 2.44. The van der Waals surface area contributed by atoms with Gasteiger partial charge >= 0.3 is 0 Å². The van der Waals surface area contributed by atoms with Gasteiger partial charge in [0.15, 0.2) is 11.6 Å². The van der Waals surface area contributed by atoms with Crippen molar-refractivity contribution < 1.29 is 13.6 Å². The Morgan fingerprint density at radius 3 is 2.56 bits per heavy atom. The van der Waals surface area contributed by atoms with E-state index >= 15 is 0 Å². The Balaban J connectivity index is 2.29. The van der Waals surface area contributed by atoms with Crippen molar-refractivity contribution in [1.82, 2.24) is 4.90 Å². The molecule has 1 atom stereocenters. The van der Waals surface area contributed by atoms with Crippen molar-refractivity contribution >= 4 is 5.91 Å². The summed E-state index contributed by atoms with van der Waals surface area (Å²) in [5, 5.41) is 0. The molecule has 1 aliphatic heterocycles. The zero-order valence-corrected chi connectivity index (χ0v) is 10.4. The number of amides is 1. The number of hydrogen-bond donors (Lipinski definition) is 1. The SMILES string of the molecule is CC1(C)CC(N)CN1C(=O)c1ccc(F)c(F)c1. The monoisotopic (exact) mass is 254 g/mol. The van der Waals surface area contributed by atoms with E-state index in [-0.39, 0.29) is 23.1 Å². The second kappa shape index (κ2) is 4.31. The van der Waals surface area contributed by atoms with Crippen LogP contribution in [0, 0.1) is 11.6 Å². The Morgan fingerprint density at radius 2 is 2.06 bits per heavy atom. The van der Waals surface area contributed by atoms with Gasteiger partial charge in [0, 0.05) is 23.7 Å². The van der Waals surface area contributed by atoms with E-state index in [0.29, 0.717) is 13.0 Å². The Hall–Kier alpha value is -1.49. The number of hydrogen-bond acceptors (Lipinski definition) is 2. The number of carbonyl (C=O) groups excluding carboxylic acids is 1. The Kier molecular flexibility index (Phi) is 3.11. The molecule has 0 saturated carbocycles. The number of benzene rings is 1. The molecule has 0 radical (unpaired) electrons. The molecule has 0 aliphatic carbocycles. The first-order valence-corrected chi connectivity index (χ1v) is 5.84. The molecule has 3 nitrogen and oxygen atoms in total. The van der Waals surface area contributed by atoms with Gasteiger partial charge in [-0.05, 0) is 38.5 Å². The van der Waals surface area contributed by atoms with E-state index in [1.807, 2.05) is 13.8 Å². The van der Waals surface area contributed by atoms with Crippen LogP contribution in [0.5, 0.6) is 0 Å². The van der Waals surface area contributed by atoms with Gasteiger partial charge in [-0.25, -0.2) is 8.78 Å². The molecule has 0 spiro atoms. The van der Waals surface area contributed by atoms with Gasteiger partial charge in [-0.2, -0.15) is 0 Å². The van der Waals surface area contributed by atoms with E-state index in [1.54, 1.807) is 4.90 Å². The number of likely N-dealkylation sites (tertiary alicyclic amines) is 1. The lowest BCUT2D eigenvalue weighted by Gasteiger charge is -2.31. The average Bonchev–Trinajstić information content (AvgIpc) is 2.55.